The average molecular weight is 439 g/mol. The van der Waals surface area contributed by atoms with Crippen molar-refractivity contribution >= 4 is 39.7 Å². The van der Waals surface area contributed by atoms with E-state index in [1.165, 1.54) is 0 Å². The van der Waals surface area contributed by atoms with Crippen molar-refractivity contribution in [2.24, 2.45) is 0 Å². The van der Waals surface area contributed by atoms with Crippen LogP contribution in [0.15, 0.2) is 23.0 Å². The number of aryl methyl sites for hydroxylation is 1. The highest BCUT2D eigenvalue weighted by Gasteiger charge is 2.19. The summed E-state index contributed by atoms with van der Waals surface area (Å²) in [5, 5.41) is 0.402. The minimum atomic E-state index is -0.449. The van der Waals surface area contributed by atoms with Crippen molar-refractivity contribution in [3.8, 4) is 23.8 Å². The van der Waals surface area contributed by atoms with Crippen LogP contribution < -0.4 is 15.0 Å². The van der Waals surface area contributed by atoms with Crippen molar-refractivity contribution in [1.82, 2.24) is 9.97 Å². The lowest BCUT2D eigenvalue weighted by molar-refractivity contribution is 0.0531. The lowest BCUT2D eigenvalue weighted by Crippen LogP contribution is -2.10. The van der Waals surface area contributed by atoms with Gasteiger partial charge in [0.1, 0.15) is 22.1 Å². The predicted molar refractivity (Wildman–Crippen MR) is 122 cm³/mol. The molecule has 0 atom stereocenters. The van der Waals surface area contributed by atoms with Crippen molar-refractivity contribution in [2.45, 2.75) is 20.8 Å². The normalized spacial score (nSPS) is 10.9. The molecule has 3 aromatic rings. The molecule has 2 heterocycles. The van der Waals surface area contributed by atoms with E-state index in [-0.39, 0.29) is 18.8 Å². The number of hydrogen-bond acceptors (Lipinski definition) is 7. The Kier molecular flexibility index (Phi) is 7.11. The Morgan fingerprint density at radius 1 is 1.23 bits per heavy atom. The van der Waals surface area contributed by atoms with Crippen LogP contribution in [0, 0.1) is 19.3 Å². The maximum atomic E-state index is 12.6. The molecule has 0 radical (unpaired) electrons. The zero-order valence-corrected chi connectivity index (χ0v) is 18.3. The quantitative estimate of drug-likeness (QED) is 0.421. The van der Waals surface area contributed by atoms with Gasteiger partial charge in [-0.1, -0.05) is 18.1 Å². The SMILES string of the molecule is C#CCOc1ccc(/C=C/c2nc3sc(C(=O)OCC)c(C)c3c(=O)[nH]2)cc1OCC. The predicted octanol–water partition coefficient (Wildman–Crippen LogP) is 4.05. The Morgan fingerprint density at radius 3 is 2.74 bits per heavy atom. The number of rotatable bonds is 8. The molecule has 1 aromatic carbocycles. The van der Waals surface area contributed by atoms with E-state index >= 15 is 0 Å². The Bertz CT molecular complexity index is 1230. The lowest BCUT2D eigenvalue weighted by atomic mass is 10.2. The van der Waals surface area contributed by atoms with Crippen LogP contribution in [0.1, 0.15) is 40.5 Å². The number of nitrogens with zero attached hydrogens (tertiary/aromatic N) is 1. The maximum Gasteiger partial charge on any atom is 0.348 e. The van der Waals surface area contributed by atoms with Crippen molar-refractivity contribution in [3.63, 3.8) is 0 Å². The summed E-state index contributed by atoms with van der Waals surface area (Å²) in [4.78, 5) is 32.8. The van der Waals surface area contributed by atoms with Gasteiger partial charge in [0.2, 0.25) is 0 Å². The molecule has 2 aromatic heterocycles. The molecule has 31 heavy (non-hydrogen) atoms. The van der Waals surface area contributed by atoms with Crippen LogP contribution in [0.25, 0.3) is 22.4 Å². The molecule has 0 unspecified atom stereocenters. The smallest absolute Gasteiger partial charge is 0.348 e. The monoisotopic (exact) mass is 438 g/mol. The molecule has 0 aliphatic carbocycles. The fraction of sp³-hybridized carbons (Fsp3) is 0.261. The molecule has 1 N–H and O–H groups in total. The first kappa shape index (κ1) is 22.1. The highest BCUT2D eigenvalue weighted by atomic mass is 32.1. The fourth-order valence-electron chi connectivity index (χ4n) is 2.94. The summed E-state index contributed by atoms with van der Waals surface area (Å²) >= 11 is 1.15. The third-order valence-electron chi connectivity index (χ3n) is 4.29. The molecule has 3 rings (SSSR count). The topological polar surface area (TPSA) is 90.5 Å². The van der Waals surface area contributed by atoms with Gasteiger partial charge in [0.05, 0.1) is 18.6 Å². The zero-order valence-electron chi connectivity index (χ0n) is 17.5. The van der Waals surface area contributed by atoms with E-state index in [0.29, 0.717) is 44.6 Å². The van der Waals surface area contributed by atoms with Crippen molar-refractivity contribution < 1.29 is 19.0 Å². The summed E-state index contributed by atoms with van der Waals surface area (Å²) in [6.07, 6.45) is 8.73. The third kappa shape index (κ3) is 4.95. The molecule has 0 bridgehead atoms. The second-order valence-corrected chi connectivity index (χ2v) is 7.37. The number of aromatic nitrogens is 2. The Morgan fingerprint density at radius 2 is 2.03 bits per heavy atom. The summed E-state index contributed by atoms with van der Waals surface area (Å²) in [5.41, 5.74) is 1.10. The third-order valence-corrected chi connectivity index (χ3v) is 5.46. The van der Waals surface area contributed by atoms with E-state index in [4.69, 9.17) is 20.6 Å². The summed E-state index contributed by atoms with van der Waals surface area (Å²) in [7, 11) is 0. The van der Waals surface area contributed by atoms with E-state index in [1.54, 1.807) is 32.1 Å². The number of carbonyl (C=O) groups is 1. The number of aromatic amines is 1. The second kappa shape index (κ2) is 9.96. The van der Waals surface area contributed by atoms with Gasteiger partial charge >= 0.3 is 5.97 Å². The number of carbonyl (C=O) groups excluding carboxylic acids is 1. The van der Waals surface area contributed by atoms with Gasteiger partial charge in [-0.2, -0.15) is 0 Å². The summed E-state index contributed by atoms with van der Waals surface area (Å²) in [6, 6.07) is 5.43. The van der Waals surface area contributed by atoms with Crippen LogP contribution in [-0.2, 0) is 4.74 Å². The molecule has 8 heteroatoms. The van der Waals surface area contributed by atoms with Gasteiger partial charge in [0.25, 0.3) is 5.56 Å². The first-order chi connectivity index (χ1) is 15.0. The minimum absolute atomic E-state index is 0.147. The second-order valence-electron chi connectivity index (χ2n) is 6.37. The van der Waals surface area contributed by atoms with Crippen LogP contribution >= 0.6 is 11.3 Å². The van der Waals surface area contributed by atoms with Gasteiger partial charge in [-0.25, -0.2) is 9.78 Å². The Hall–Kier alpha value is -3.57. The van der Waals surface area contributed by atoms with Gasteiger partial charge in [-0.15, -0.1) is 17.8 Å². The number of hydrogen-bond donors (Lipinski definition) is 1. The average Bonchev–Trinajstić information content (AvgIpc) is 3.09. The lowest BCUT2D eigenvalue weighted by Gasteiger charge is -2.10. The number of benzene rings is 1. The standard InChI is InChI=1S/C23H22N2O5S/c1-5-12-30-16-10-8-15(13-17(16)28-6-2)9-11-18-24-21(26)19-14(4)20(23(27)29-7-3)31-22(19)25-18/h1,8-11,13H,6-7,12H2,2-4H3,(H,24,25,26)/b11-9+. The van der Waals surface area contributed by atoms with Gasteiger partial charge in [0, 0.05) is 0 Å². The first-order valence-electron chi connectivity index (χ1n) is 9.70. The largest absolute Gasteiger partial charge is 0.490 e. The van der Waals surface area contributed by atoms with E-state index in [2.05, 4.69) is 15.9 Å². The molecule has 160 valence electrons. The molecule has 0 amide bonds. The van der Waals surface area contributed by atoms with E-state index in [0.717, 1.165) is 16.9 Å². The molecule has 0 aliphatic heterocycles. The molecule has 0 spiro atoms. The van der Waals surface area contributed by atoms with E-state index in [9.17, 15) is 9.59 Å². The van der Waals surface area contributed by atoms with Crippen LogP contribution in [-0.4, -0.2) is 35.8 Å². The number of terminal acetylenes is 1. The van der Waals surface area contributed by atoms with Crippen molar-refractivity contribution in [1.29, 1.82) is 0 Å². The van der Waals surface area contributed by atoms with E-state index in [1.807, 2.05) is 19.1 Å². The molecule has 0 fully saturated rings. The summed E-state index contributed by atoms with van der Waals surface area (Å²) < 4.78 is 16.2. The number of fused-ring (bicyclic) bond motifs is 1. The van der Waals surface area contributed by atoms with Gasteiger partial charge in [0.15, 0.2) is 11.5 Å². The fourth-order valence-corrected chi connectivity index (χ4v) is 4.02. The molecular formula is C23H22N2O5S. The molecule has 7 nitrogen and oxygen atoms in total. The minimum Gasteiger partial charge on any atom is -0.490 e. The highest BCUT2D eigenvalue weighted by Crippen LogP contribution is 2.30. The number of nitrogens with one attached hydrogen (secondary N) is 1. The number of ether oxygens (including phenoxy) is 3. The summed E-state index contributed by atoms with van der Waals surface area (Å²) in [5.74, 6) is 3.48. The zero-order chi connectivity index (χ0) is 22.4. The van der Waals surface area contributed by atoms with Gasteiger partial charge in [-0.3, -0.25) is 4.79 Å². The Balaban J connectivity index is 1.92. The van der Waals surface area contributed by atoms with Crippen LogP contribution in [0.4, 0.5) is 0 Å². The number of H-pyrrole nitrogens is 1. The number of thiophene rings is 1. The first-order valence-corrected chi connectivity index (χ1v) is 10.5. The van der Waals surface area contributed by atoms with Crippen LogP contribution in [0.5, 0.6) is 11.5 Å². The molecular weight excluding hydrogens is 416 g/mol. The van der Waals surface area contributed by atoms with E-state index < -0.39 is 5.97 Å². The molecule has 0 saturated carbocycles. The van der Waals surface area contributed by atoms with Crippen LogP contribution in [0.2, 0.25) is 0 Å². The van der Waals surface area contributed by atoms with Gasteiger partial charge < -0.3 is 19.2 Å². The highest BCUT2D eigenvalue weighted by molar-refractivity contribution is 7.20. The number of esters is 1. The molecule has 0 aliphatic rings. The van der Waals surface area contributed by atoms with Crippen molar-refractivity contribution in [3.05, 3.63) is 50.4 Å². The van der Waals surface area contributed by atoms with Crippen molar-refractivity contribution in [2.75, 3.05) is 19.8 Å². The summed E-state index contributed by atoms with van der Waals surface area (Å²) in [6.45, 7) is 6.22. The Labute approximate surface area is 183 Å². The van der Waals surface area contributed by atoms with Gasteiger partial charge in [-0.05, 0) is 50.1 Å². The van der Waals surface area contributed by atoms with Crippen LogP contribution in [0.3, 0.4) is 0 Å². The maximum absolute atomic E-state index is 12.6. The molecule has 0 saturated heterocycles.